The molecule has 0 aromatic heterocycles. The Hall–Kier alpha value is -0.560. The van der Waals surface area contributed by atoms with Crippen LogP contribution in [0.1, 0.15) is 32.1 Å². The van der Waals surface area contributed by atoms with Crippen molar-refractivity contribution in [1.82, 2.24) is 0 Å². The average Bonchev–Trinajstić information content (AvgIpc) is 2.42. The van der Waals surface area contributed by atoms with Gasteiger partial charge < -0.3 is 15.7 Å². The van der Waals surface area contributed by atoms with Gasteiger partial charge in [-0.25, -0.2) is 4.39 Å². The first-order valence-electron chi connectivity index (χ1n) is 6.75. The second-order valence-corrected chi connectivity index (χ2v) is 6.20. The van der Waals surface area contributed by atoms with Gasteiger partial charge >= 0.3 is 0 Å². The lowest BCUT2D eigenvalue weighted by Gasteiger charge is -2.36. The molecule has 0 amide bonds. The summed E-state index contributed by atoms with van der Waals surface area (Å²) in [4.78, 5) is 2.08. The summed E-state index contributed by atoms with van der Waals surface area (Å²) in [6.07, 6.45) is 5.83. The van der Waals surface area contributed by atoms with E-state index in [0.717, 1.165) is 18.5 Å². The van der Waals surface area contributed by atoms with Crippen molar-refractivity contribution in [2.24, 2.45) is 0 Å². The molecule has 106 valence electrons. The van der Waals surface area contributed by atoms with Crippen molar-refractivity contribution in [2.75, 3.05) is 23.8 Å². The zero-order valence-corrected chi connectivity index (χ0v) is 13.1. The number of hydrogen-bond acceptors (Lipinski definition) is 3. The van der Waals surface area contributed by atoms with Crippen LogP contribution in [0.15, 0.2) is 12.1 Å². The van der Waals surface area contributed by atoms with E-state index in [1.54, 1.807) is 6.07 Å². The molecule has 19 heavy (non-hydrogen) atoms. The number of aliphatic hydroxyl groups is 1. The van der Waals surface area contributed by atoms with Gasteiger partial charge in [0.25, 0.3) is 0 Å². The maximum Gasteiger partial charge on any atom is 0.138 e. The highest BCUT2D eigenvalue weighted by atomic mass is 127. The van der Waals surface area contributed by atoms with E-state index in [-0.39, 0.29) is 12.4 Å². The lowest BCUT2D eigenvalue weighted by molar-refractivity contribution is 0.290. The molecule has 1 fully saturated rings. The summed E-state index contributed by atoms with van der Waals surface area (Å²) < 4.78 is 14.3. The summed E-state index contributed by atoms with van der Waals surface area (Å²) in [6.45, 7) is 0.568. The number of nitrogens with two attached hydrogens (primary N) is 1. The number of hydrogen-bond donors (Lipinski definition) is 2. The molecule has 1 aliphatic carbocycles. The van der Waals surface area contributed by atoms with E-state index < -0.39 is 0 Å². The van der Waals surface area contributed by atoms with Crippen LogP contribution in [0.3, 0.4) is 0 Å². The van der Waals surface area contributed by atoms with Crippen LogP contribution < -0.4 is 10.6 Å². The summed E-state index contributed by atoms with van der Waals surface area (Å²) in [5.41, 5.74) is 7.34. The summed E-state index contributed by atoms with van der Waals surface area (Å²) >= 11 is 1.94. The highest BCUT2D eigenvalue weighted by Crippen LogP contribution is 2.32. The SMILES string of the molecule is Nc1cc(I)c(F)cc1N(CCO)C1CCCCC1. The van der Waals surface area contributed by atoms with Crippen molar-refractivity contribution in [1.29, 1.82) is 0 Å². The number of nitrogen functional groups attached to an aromatic ring is 1. The molecule has 3 N–H and O–H groups in total. The maximum atomic E-state index is 13.8. The van der Waals surface area contributed by atoms with Crippen LogP contribution in [0.2, 0.25) is 0 Å². The molecular weight excluding hydrogens is 358 g/mol. The van der Waals surface area contributed by atoms with Crippen LogP contribution in [-0.2, 0) is 0 Å². The smallest absolute Gasteiger partial charge is 0.138 e. The quantitative estimate of drug-likeness (QED) is 0.625. The molecule has 0 bridgehead atoms. The Bertz CT molecular complexity index is 436. The van der Waals surface area contributed by atoms with Gasteiger partial charge in [0.2, 0.25) is 0 Å². The second kappa shape index (κ2) is 6.74. The normalized spacial score (nSPS) is 16.6. The number of rotatable bonds is 4. The molecule has 0 spiro atoms. The van der Waals surface area contributed by atoms with Gasteiger partial charge in [0.15, 0.2) is 0 Å². The Morgan fingerprint density at radius 1 is 1.32 bits per heavy atom. The van der Waals surface area contributed by atoms with Crippen molar-refractivity contribution in [3.05, 3.63) is 21.5 Å². The van der Waals surface area contributed by atoms with Crippen molar-refractivity contribution >= 4 is 34.0 Å². The highest BCUT2D eigenvalue weighted by molar-refractivity contribution is 14.1. The molecule has 0 heterocycles. The third kappa shape index (κ3) is 3.51. The number of benzene rings is 1. The van der Waals surface area contributed by atoms with Gasteiger partial charge in [0.05, 0.1) is 21.6 Å². The first-order valence-corrected chi connectivity index (χ1v) is 7.83. The lowest BCUT2D eigenvalue weighted by atomic mass is 9.93. The molecule has 5 heteroatoms. The Kier molecular flexibility index (Phi) is 5.27. The highest BCUT2D eigenvalue weighted by Gasteiger charge is 2.23. The molecule has 2 rings (SSSR count). The van der Waals surface area contributed by atoms with Crippen molar-refractivity contribution in [3.8, 4) is 0 Å². The predicted octanol–water partition coefficient (Wildman–Crippen LogP) is 3.14. The zero-order valence-electron chi connectivity index (χ0n) is 10.9. The van der Waals surface area contributed by atoms with Crippen LogP contribution in [0.5, 0.6) is 0 Å². The third-order valence-electron chi connectivity index (χ3n) is 3.74. The number of aliphatic hydroxyl groups excluding tert-OH is 1. The van der Waals surface area contributed by atoms with Gasteiger partial charge in [-0.2, -0.15) is 0 Å². The van der Waals surface area contributed by atoms with E-state index in [4.69, 9.17) is 5.73 Å². The van der Waals surface area contributed by atoms with Crippen molar-refractivity contribution in [2.45, 2.75) is 38.1 Å². The minimum absolute atomic E-state index is 0.0591. The number of nitrogens with zero attached hydrogens (tertiary/aromatic N) is 1. The molecule has 0 radical (unpaired) electrons. The standard InChI is InChI=1S/C14H20FIN2O/c15-11-8-14(13(17)9-12(11)16)18(6-7-19)10-4-2-1-3-5-10/h8-10,19H,1-7,17H2. The Labute approximate surface area is 127 Å². The van der Waals surface area contributed by atoms with Crippen molar-refractivity contribution in [3.63, 3.8) is 0 Å². The van der Waals surface area contributed by atoms with E-state index >= 15 is 0 Å². The summed E-state index contributed by atoms with van der Waals surface area (Å²) in [5, 5.41) is 9.27. The average molecular weight is 378 g/mol. The van der Waals surface area contributed by atoms with Crippen molar-refractivity contribution < 1.29 is 9.50 Å². The predicted molar refractivity (Wildman–Crippen MR) is 84.8 cm³/mol. The molecule has 0 atom stereocenters. The monoisotopic (exact) mass is 378 g/mol. The minimum atomic E-state index is -0.247. The number of halogens is 2. The maximum absolute atomic E-state index is 13.8. The van der Waals surface area contributed by atoms with E-state index in [1.165, 1.54) is 25.3 Å². The van der Waals surface area contributed by atoms with E-state index in [9.17, 15) is 9.50 Å². The van der Waals surface area contributed by atoms with Crippen LogP contribution in [0, 0.1) is 9.39 Å². The molecular formula is C14H20FIN2O. The van der Waals surface area contributed by atoms with E-state index in [0.29, 0.717) is 21.8 Å². The third-order valence-corrected chi connectivity index (χ3v) is 4.56. The van der Waals surface area contributed by atoms with Gasteiger partial charge in [0, 0.05) is 18.7 Å². The summed E-state index contributed by atoms with van der Waals surface area (Å²) in [5.74, 6) is -0.247. The van der Waals surface area contributed by atoms with Crippen LogP contribution in [0.4, 0.5) is 15.8 Å². The zero-order chi connectivity index (χ0) is 13.8. The molecule has 1 aromatic carbocycles. The first kappa shape index (κ1) is 14.8. The van der Waals surface area contributed by atoms with Crippen LogP contribution in [0.25, 0.3) is 0 Å². The Morgan fingerprint density at radius 3 is 2.63 bits per heavy atom. The second-order valence-electron chi connectivity index (χ2n) is 5.03. The fraction of sp³-hybridized carbons (Fsp3) is 0.571. The van der Waals surface area contributed by atoms with Gasteiger partial charge in [-0.1, -0.05) is 19.3 Å². The van der Waals surface area contributed by atoms with Gasteiger partial charge in [-0.15, -0.1) is 0 Å². The fourth-order valence-corrected chi connectivity index (χ4v) is 3.29. The summed E-state index contributed by atoms with van der Waals surface area (Å²) in [7, 11) is 0. The molecule has 0 saturated heterocycles. The van der Waals surface area contributed by atoms with Crippen LogP contribution >= 0.6 is 22.6 Å². The fourth-order valence-electron chi connectivity index (χ4n) is 2.80. The molecule has 0 aliphatic heterocycles. The van der Waals surface area contributed by atoms with E-state index in [2.05, 4.69) is 4.90 Å². The first-order chi connectivity index (χ1) is 9.13. The molecule has 3 nitrogen and oxygen atoms in total. The molecule has 1 saturated carbocycles. The van der Waals surface area contributed by atoms with Gasteiger partial charge in [0.1, 0.15) is 5.82 Å². The van der Waals surface area contributed by atoms with Gasteiger partial charge in [-0.05, 0) is 41.5 Å². The lowest BCUT2D eigenvalue weighted by Crippen LogP contribution is -2.39. The number of anilines is 2. The van der Waals surface area contributed by atoms with Crippen LogP contribution in [-0.4, -0.2) is 24.3 Å². The Morgan fingerprint density at radius 2 is 2.00 bits per heavy atom. The minimum Gasteiger partial charge on any atom is -0.397 e. The Balaban J connectivity index is 2.29. The van der Waals surface area contributed by atoms with E-state index in [1.807, 2.05) is 22.6 Å². The molecule has 1 aromatic rings. The largest absolute Gasteiger partial charge is 0.397 e. The molecule has 0 unspecified atom stereocenters. The molecule has 1 aliphatic rings. The summed E-state index contributed by atoms with van der Waals surface area (Å²) in [6, 6.07) is 3.53. The van der Waals surface area contributed by atoms with Gasteiger partial charge in [-0.3, -0.25) is 0 Å². The topological polar surface area (TPSA) is 49.5 Å².